The zero-order valence-electron chi connectivity index (χ0n) is 21.5. The predicted molar refractivity (Wildman–Crippen MR) is 133 cm³/mol. The first-order valence-corrected chi connectivity index (χ1v) is 14.7. The Morgan fingerprint density at radius 2 is 1.74 bits per heavy atom. The fraction of sp³-hybridized carbons (Fsp3) is 0.806. The molecule has 4 heteroatoms. The first kappa shape index (κ1) is 22.6. The average molecular weight is 479 g/mol. The Hall–Kier alpha value is -1.58. The van der Waals surface area contributed by atoms with Crippen LogP contribution in [0.3, 0.4) is 0 Å². The van der Waals surface area contributed by atoms with Gasteiger partial charge in [0.25, 0.3) is 0 Å². The van der Waals surface area contributed by atoms with Crippen LogP contribution in [0.25, 0.3) is 0 Å². The molecule has 5 fully saturated rings. The summed E-state index contributed by atoms with van der Waals surface area (Å²) in [7, 11) is 0. The highest BCUT2D eigenvalue weighted by Gasteiger charge is 2.57. The molecule has 0 heterocycles. The van der Waals surface area contributed by atoms with Gasteiger partial charge in [0.05, 0.1) is 5.92 Å². The highest BCUT2D eigenvalue weighted by Crippen LogP contribution is 2.63. The minimum Gasteiger partial charge on any atom is -0.462 e. The van der Waals surface area contributed by atoms with Crippen molar-refractivity contribution in [3.63, 3.8) is 0 Å². The summed E-state index contributed by atoms with van der Waals surface area (Å²) in [6.45, 7) is 4.01. The zero-order chi connectivity index (χ0) is 23.9. The van der Waals surface area contributed by atoms with Crippen LogP contribution in [0.2, 0.25) is 0 Å². The minimum absolute atomic E-state index is 0.0460. The Morgan fingerprint density at radius 3 is 2.60 bits per heavy atom. The second kappa shape index (κ2) is 8.21. The van der Waals surface area contributed by atoms with Crippen molar-refractivity contribution in [2.45, 2.75) is 96.7 Å². The second-order valence-electron chi connectivity index (χ2n) is 13.5. The molecule has 4 nitrogen and oxygen atoms in total. The molecule has 0 aromatic heterocycles. The van der Waals surface area contributed by atoms with E-state index >= 15 is 0 Å². The first-order chi connectivity index (χ1) is 16.9. The number of hydrogen-bond donors (Lipinski definition) is 0. The van der Waals surface area contributed by atoms with Gasteiger partial charge in [-0.15, -0.1) is 0 Å². The van der Waals surface area contributed by atoms with E-state index in [9.17, 15) is 9.59 Å². The van der Waals surface area contributed by atoms with Crippen molar-refractivity contribution in [1.29, 1.82) is 0 Å². The van der Waals surface area contributed by atoms with Gasteiger partial charge in [0.15, 0.2) is 0 Å². The van der Waals surface area contributed by atoms with Gasteiger partial charge < -0.3 is 9.47 Å². The summed E-state index contributed by atoms with van der Waals surface area (Å²) in [6, 6.07) is 0. The van der Waals surface area contributed by atoms with Crippen molar-refractivity contribution in [3.05, 3.63) is 23.8 Å². The van der Waals surface area contributed by atoms with Crippen LogP contribution in [-0.4, -0.2) is 24.1 Å². The molecule has 0 aliphatic heterocycles. The van der Waals surface area contributed by atoms with Gasteiger partial charge >= 0.3 is 11.9 Å². The number of allylic oxidation sites excluding steroid dienone is 2. The third kappa shape index (κ3) is 3.44. The monoisotopic (exact) mass is 478 g/mol. The standard InChI is InChI=1S/C31H42O4/c1-17(32)34-21-13-14-31(2)20(16-21)5-6-25-23-7-8-26(24(23)9-11-27(25)31)30(33)35-28-12-10-22-18-3-4-19(15-18)29(22)28/h5,10,12,18-19,21-29H,3-4,6-9,11,13-16H2,1-2H3/t18-,19-,21+,22+,23+,24+,25+,26-,27+,28+,29-,31+/m0/s1. The number of rotatable bonds is 3. The van der Waals surface area contributed by atoms with E-state index < -0.39 is 0 Å². The van der Waals surface area contributed by atoms with E-state index in [1.807, 2.05) is 0 Å². The Bertz CT molecular complexity index is 965. The van der Waals surface area contributed by atoms with Crippen molar-refractivity contribution in [2.24, 2.45) is 58.7 Å². The van der Waals surface area contributed by atoms with Crippen molar-refractivity contribution in [1.82, 2.24) is 0 Å². The lowest BCUT2D eigenvalue weighted by Crippen LogP contribution is -2.48. The van der Waals surface area contributed by atoms with Gasteiger partial charge in [-0.3, -0.25) is 9.59 Å². The molecule has 0 aromatic rings. The molecule has 7 aliphatic carbocycles. The fourth-order valence-electron chi connectivity index (χ4n) is 10.8. The molecule has 0 spiro atoms. The van der Waals surface area contributed by atoms with Crippen LogP contribution in [0.4, 0.5) is 0 Å². The van der Waals surface area contributed by atoms with Crippen LogP contribution in [0.1, 0.15) is 84.5 Å². The van der Waals surface area contributed by atoms with Crippen molar-refractivity contribution in [3.8, 4) is 0 Å². The Balaban J connectivity index is 1.03. The molecule has 0 amide bonds. The molecule has 2 bridgehead atoms. The maximum atomic E-state index is 13.5. The quantitative estimate of drug-likeness (QED) is 0.355. The number of hydrogen-bond acceptors (Lipinski definition) is 4. The SMILES string of the molecule is CC(=O)O[C@@H]1CC[C@]2(C)C(=CC[C@@H]3[C@@H]4CC[C@H](C(=O)O[C@@H]5C=C[C@@H]6[C@H]7CC[C@@H](C7)[C@@H]65)[C@@H]4CC[C@H]32)C1. The maximum Gasteiger partial charge on any atom is 0.309 e. The van der Waals surface area contributed by atoms with E-state index in [4.69, 9.17) is 9.47 Å². The number of carbonyl (C=O) groups excluding carboxylic acids is 2. The summed E-state index contributed by atoms with van der Waals surface area (Å²) >= 11 is 0. The van der Waals surface area contributed by atoms with Crippen molar-refractivity contribution in [2.75, 3.05) is 0 Å². The molecule has 0 radical (unpaired) electrons. The van der Waals surface area contributed by atoms with Gasteiger partial charge in [-0.1, -0.05) is 24.6 Å². The van der Waals surface area contributed by atoms with E-state index in [0.29, 0.717) is 35.5 Å². The summed E-state index contributed by atoms with van der Waals surface area (Å²) in [4.78, 5) is 25.0. The van der Waals surface area contributed by atoms with Crippen LogP contribution >= 0.6 is 0 Å². The molecule has 0 N–H and O–H groups in total. The van der Waals surface area contributed by atoms with Gasteiger partial charge in [0, 0.05) is 19.3 Å². The maximum absolute atomic E-state index is 13.5. The Labute approximate surface area is 210 Å². The van der Waals surface area contributed by atoms with Crippen LogP contribution in [0.5, 0.6) is 0 Å². The summed E-state index contributed by atoms with van der Waals surface area (Å²) in [5.41, 5.74) is 1.78. The minimum atomic E-state index is -0.152. The number of esters is 2. The lowest BCUT2D eigenvalue weighted by atomic mass is 9.50. The normalized spacial score (nSPS) is 51.1. The number of ether oxygens (including phenoxy) is 2. The molecule has 190 valence electrons. The molecule has 7 rings (SSSR count). The third-order valence-electron chi connectivity index (χ3n) is 12.2. The fourth-order valence-corrected chi connectivity index (χ4v) is 10.8. The van der Waals surface area contributed by atoms with Crippen LogP contribution in [0, 0.1) is 58.7 Å². The van der Waals surface area contributed by atoms with E-state index in [1.54, 1.807) is 0 Å². The molecule has 35 heavy (non-hydrogen) atoms. The molecule has 5 saturated carbocycles. The van der Waals surface area contributed by atoms with E-state index in [2.05, 4.69) is 25.2 Å². The Morgan fingerprint density at radius 1 is 0.914 bits per heavy atom. The van der Waals surface area contributed by atoms with Gasteiger partial charge in [-0.25, -0.2) is 0 Å². The molecule has 0 aromatic carbocycles. The lowest BCUT2D eigenvalue weighted by Gasteiger charge is -2.55. The van der Waals surface area contributed by atoms with Gasteiger partial charge in [-0.2, -0.15) is 0 Å². The number of carbonyl (C=O) groups is 2. The summed E-state index contributed by atoms with van der Waals surface area (Å²) < 4.78 is 11.9. The lowest BCUT2D eigenvalue weighted by molar-refractivity contribution is -0.158. The van der Waals surface area contributed by atoms with Crippen molar-refractivity contribution >= 4 is 11.9 Å². The van der Waals surface area contributed by atoms with E-state index in [-0.39, 0.29) is 35.5 Å². The number of fused-ring (bicyclic) bond motifs is 10. The summed E-state index contributed by atoms with van der Waals surface area (Å²) in [5.74, 6) is 5.57. The molecule has 7 aliphatic rings. The van der Waals surface area contributed by atoms with E-state index in [1.165, 1.54) is 51.0 Å². The van der Waals surface area contributed by atoms with Gasteiger partial charge in [-0.05, 0) is 117 Å². The zero-order valence-corrected chi connectivity index (χ0v) is 21.5. The van der Waals surface area contributed by atoms with Gasteiger partial charge in [0.1, 0.15) is 12.2 Å². The summed E-state index contributed by atoms with van der Waals surface area (Å²) in [6.07, 6.45) is 20.1. The second-order valence-corrected chi connectivity index (χ2v) is 13.5. The highest BCUT2D eigenvalue weighted by molar-refractivity contribution is 5.74. The molecular weight excluding hydrogens is 436 g/mol. The Kier molecular flexibility index (Phi) is 5.31. The summed E-state index contributed by atoms with van der Waals surface area (Å²) in [5, 5.41) is 0. The molecular formula is C31H42O4. The van der Waals surface area contributed by atoms with Crippen LogP contribution < -0.4 is 0 Å². The van der Waals surface area contributed by atoms with E-state index in [0.717, 1.165) is 43.9 Å². The topological polar surface area (TPSA) is 52.6 Å². The molecule has 0 saturated heterocycles. The third-order valence-corrected chi connectivity index (χ3v) is 12.2. The highest BCUT2D eigenvalue weighted by atomic mass is 16.5. The molecule has 0 unspecified atom stereocenters. The smallest absolute Gasteiger partial charge is 0.309 e. The average Bonchev–Trinajstić information content (AvgIpc) is 3.61. The van der Waals surface area contributed by atoms with Crippen molar-refractivity contribution < 1.29 is 19.1 Å². The first-order valence-electron chi connectivity index (χ1n) is 14.7. The van der Waals surface area contributed by atoms with Crippen LogP contribution in [0.15, 0.2) is 23.8 Å². The predicted octanol–water partition coefficient (Wildman–Crippen LogP) is 6.25. The van der Waals surface area contributed by atoms with Crippen LogP contribution in [-0.2, 0) is 19.1 Å². The molecule has 12 atom stereocenters. The van der Waals surface area contributed by atoms with Gasteiger partial charge in [0.2, 0.25) is 0 Å². The largest absolute Gasteiger partial charge is 0.462 e.